The summed E-state index contributed by atoms with van der Waals surface area (Å²) in [4.78, 5) is 0. The van der Waals surface area contributed by atoms with Crippen LogP contribution in [0.5, 0.6) is 5.75 Å². The summed E-state index contributed by atoms with van der Waals surface area (Å²) in [5.74, 6) is 1.68. The van der Waals surface area contributed by atoms with Gasteiger partial charge in [0.2, 0.25) is 0 Å². The molecule has 0 saturated carbocycles. The number of ether oxygens (including phenoxy) is 2. The molecule has 0 bridgehead atoms. The molecule has 18 heavy (non-hydrogen) atoms. The summed E-state index contributed by atoms with van der Waals surface area (Å²) in [6.45, 7) is 5.11. The lowest BCUT2D eigenvalue weighted by Crippen LogP contribution is -2.29. The van der Waals surface area contributed by atoms with Crippen molar-refractivity contribution in [3.05, 3.63) is 29.8 Å². The largest absolute Gasteiger partial charge is 0.497 e. The third-order valence-corrected chi connectivity index (χ3v) is 3.65. The average molecular weight is 249 g/mol. The highest BCUT2D eigenvalue weighted by Crippen LogP contribution is 2.20. The van der Waals surface area contributed by atoms with Crippen LogP contribution in [0.25, 0.3) is 0 Å². The molecule has 3 heteroatoms. The Balaban J connectivity index is 1.84. The van der Waals surface area contributed by atoms with E-state index in [9.17, 15) is 0 Å². The maximum atomic E-state index is 5.38. The summed E-state index contributed by atoms with van der Waals surface area (Å²) >= 11 is 0. The Morgan fingerprint density at radius 3 is 2.89 bits per heavy atom. The molecule has 2 rings (SSSR count). The molecule has 0 radical (unpaired) electrons. The highest BCUT2D eigenvalue weighted by atomic mass is 16.5. The van der Waals surface area contributed by atoms with Gasteiger partial charge in [0.15, 0.2) is 0 Å². The monoisotopic (exact) mass is 249 g/mol. The summed E-state index contributed by atoms with van der Waals surface area (Å²) in [7, 11) is 1.71. The summed E-state index contributed by atoms with van der Waals surface area (Å²) in [6.07, 6.45) is 2.36. The SMILES string of the molecule is COc1cccc(C(C)NCC2CCOCC2)c1. The van der Waals surface area contributed by atoms with Crippen LogP contribution in [-0.2, 0) is 4.74 Å². The van der Waals surface area contributed by atoms with E-state index in [1.54, 1.807) is 7.11 Å². The molecule has 1 aromatic carbocycles. The van der Waals surface area contributed by atoms with Crippen LogP contribution >= 0.6 is 0 Å². The molecular formula is C15H23NO2. The molecule has 1 saturated heterocycles. The quantitative estimate of drug-likeness (QED) is 0.870. The Bertz CT molecular complexity index is 361. The predicted octanol–water partition coefficient (Wildman–Crippen LogP) is 2.77. The van der Waals surface area contributed by atoms with Crippen LogP contribution in [0.3, 0.4) is 0 Å². The van der Waals surface area contributed by atoms with E-state index in [1.807, 2.05) is 12.1 Å². The van der Waals surface area contributed by atoms with Gasteiger partial charge >= 0.3 is 0 Å². The number of nitrogens with one attached hydrogen (secondary N) is 1. The zero-order valence-electron chi connectivity index (χ0n) is 11.3. The van der Waals surface area contributed by atoms with Gasteiger partial charge in [-0.3, -0.25) is 0 Å². The Morgan fingerprint density at radius 2 is 2.17 bits per heavy atom. The van der Waals surface area contributed by atoms with Gasteiger partial charge in [0.05, 0.1) is 7.11 Å². The second-order valence-corrected chi connectivity index (χ2v) is 4.96. The van der Waals surface area contributed by atoms with Crippen molar-refractivity contribution in [3.63, 3.8) is 0 Å². The van der Waals surface area contributed by atoms with Crippen LogP contribution in [0.2, 0.25) is 0 Å². The zero-order valence-corrected chi connectivity index (χ0v) is 11.3. The topological polar surface area (TPSA) is 30.5 Å². The van der Waals surface area contributed by atoms with Crippen LogP contribution < -0.4 is 10.1 Å². The second kappa shape index (κ2) is 6.76. The maximum Gasteiger partial charge on any atom is 0.119 e. The molecular weight excluding hydrogens is 226 g/mol. The zero-order chi connectivity index (χ0) is 12.8. The van der Waals surface area contributed by atoms with Crippen LogP contribution in [0.1, 0.15) is 31.4 Å². The molecule has 1 fully saturated rings. The molecule has 1 N–H and O–H groups in total. The molecule has 3 nitrogen and oxygen atoms in total. The van der Waals surface area contributed by atoms with Gasteiger partial charge in [0.1, 0.15) is 5.75 Å². The lowest BCUT2D eigenvalue weighted by atomic mass is 9.99. The lowest BCUT2D eigenvalue weighted by molar-refractivity contribution is 0.0656. The molecule has 1 aliphatic rings. The van der Waals surface area contributed by atoms with Crippen molar-refractivity contribution in [3.8, 4) is 5.75 Å². The van der Waals surface area contributed by atoms with Gasteiger partial charge in [-0.25, -0.2) is 0 Å². The van der Waals surface area contributed by atoms with Crippen LogP contribution in [0.4, 0.5) is 0 Å². The number of benzene rings is 1. The van der Waals surface area contributed by atoms with Gasteiger partial charge in [-0.15, -0.1) is 0 Å². The number of methoxy groups -OCH3 is 1. The van der Waals surface area contributed by atoms with Crippen molar-refractivity contribution in [1.82, 2.24) is 5.32 Å². The number of hydrogen-bond acceptors (Lipinski definition) is 3. The Hall–Kier alpha value is -1.06. The third-order valence-electron chi connectivity index (χ3n) is 3.65. The summed E-state index contributed by atoms with van der Waals surface area (Å²) < 4.78 is 10.6. The minimum Gasteiger partial charge on any atom is -0.497 e. The molecule has 0 amide bonds. The minimum absolute atomic E-state index is 0.364. The summed E-state index contributed by atoms with van der Waals surface area (Å²) in [6, 6.07) is 8.63. The first-order valence-corrected chi connectivity index (χ1v) is 6.74. The van der Waals surface area contributed by atoms with Crippen molar-refractivity contribution in [2.75, 3.05) is 26.9 Å². The molecule has 100 valence electrons. The molecule has 0 aromatic heterocycles. The van der Waals surface area contributed by atoms with Crippen LogP contribution in [-0.4, -0.2) is 26.9 Å². The Morgan fingerprint density at radius 1 is 1.39 bits per heavy atom. The first-order chi connectivity index (χ1) is 8.79. The summed E-state index contributed by atoms with van der Waals surface area (Å²) in [5.41, 5.74) is 1.28. The van der Waals surface area contributed by atoms with Crippen LogP contribution in [0.15, 0.2) is 24.3 Å². The van der Waals surface area contributed by atoms with E-state index in [2.05, 4.69) is 24.4 Å². The van der Waals surface area contributed by atoms with E-state index in [0.29, 0.717) is 6.04 Å². The van der Waals surface area contributed by atoms with Gasteiger partial charge in [-0.1, -0.05) is 12.1 Å². The van der Waals surface area contributed by atoms with Gasteiger partial charge in [0, 0.05) is 19.3 Å². The van der Waals surface area contributed by atoms with E-state index in [-0.39, 0.29) is 0 Å². The van der Waals surface area contributed by atoms with Crippen LogP contribution in [0, 0.1) is 5.92 Å². The van der Waals surface area contributed by atoms with Crippen molar-refractivity contribution >= 4 is 0 Å². The number of rotatable bonds is 5. The molecule has 1 atom stereocenters. The van der Waals surface area contributed by atoms with E-state index >= 15 is 0 Å². The Labute approximate surface area is 109 Å². The molecule has 1 aliphatic heterocycles. The second-order valence-electron chi connectivity index (χ2n) is 4.96. The standard InChI is InChI=1S/C15H23NO2/c1-12(14-4-3-5-15(10-14)17-2)16-11-13-6-8-18-9-7-13/h3-5,10,12-13,16H,6-9,11H2,1-2H3. The molecule has 0 spiro atoms. The molecule has 1 unspecified atom stereocenters. The van der Waals surface area contributed by atoms with Crippen molar-refractivity contribution in [2.45, 2.75) is 25.8 Å². The van der Waals surface area contributed by atoms with Crippen molar-refractivity contribution < 1.29 is 9.47 Å². The molecule has 1 aromatic rings. The molecule has 1 heterocycles. The highest BCUT2D eigenvalue weighted by molar-refractivity contribution is 5.30. The van der Waals surface area contributed by atoms with Gasteiger partial charge in [0.25, 0.3) is 0 Å². The lowest BCUT2D eigenvalue weighted by Gasteiger charge is -2.24. The van der Waals surface area contributed by atoms with E-state index in [4.69, 9.17) is 9.47 Å². The van der Waals surface area contributed by atoms with E-state index in [1.165, 1.54) is 18.4 Å². The van der Waals surface area contributed by atoms with Crippen molar-refractivity contribution in [1.29, 1.82) is 0 Å². The minimum atomic E-state index is 0.364. The molecule has 0 aliphatic carbocycles. The van der Waals surface area contributed by atoms with Gasteiger partial charge in [-0.05, 0) is 49.9 Å². The van der Waals surface area contributed by atoms with E-state index in [0.717, 1.165) is 31.4 Å². The van der Waals surface area contributed by atoms with E-state index < -0.39 is 0 Å². The van der Waals surface area contributed by atoms with Gasteiger partial charge in [-0.2, -0.15) is 0 Å². The summed E-state index contributed by atoms with van der Waals surface area (Å²) in [5, 5.41) is 3.61. The van der Waals surface area contributed by atoms with Crippen molar-refractivity contribution in [2.24, 2.45) is 5.92 Å². The predicted molar refractivity (Wildman–Crippen MR) is 73.0 cm³/mol. The average Bonchev–Trinajstić information content (AvgIpc) is 2.46. The first-order valence-electron chi connectivity index (χ1n) is 6.74. The fraction of sp³-hybridized carbons (Fsp3) is 0.600. The smallest absolute Gasteiger partial charge is 0.119 e. The fourth-order valence-corrected chi connectivity index (χ4v) is 2.32. The number of hydrogen-bond donors (Lipinski definition) is 1. The normalized spacial score (nSPS) is 18.6. The maximum absolute atomic E-state index is 5.38. The highest BCUT2D eigenvalue weighted by Gasteiger charge is 2.15. The Kier molecular flexibility index (Phi) is 5.02. The first kappa shape index (κ1) is 13.4. The van der Waals surface area contributed by atoms with Gasteiger partial charge < -0.3 is 14.8 Å². The fourth-order valence-electron chi connectivity index (χ4n) is 2.32. The third kappa shape index (κ3) is 3.72.